The molecule has 0 amide bonds. The minimum Gasteiger partial charge on any atom is -0.375 e. The molecule has 0 saturated carbocycles. The van der Waals surface area contributed by atoms with Crippen molar-refractivity contribution in [3.63, 3.8) is 0 Å². The smallest absolute Gasteiger partial charge is 0.0735 e. The zero-order chi connectivity index (χ0) is 11.6. The zero-order valence-corrected chi connectivity index (χ0v) is 11.7. The van der Waals surface area contributed by atoms with Crippen LogP contribution in [0.2, 0.25) is 0 Å². The van der Waals surface area contributed by atoms with Gasteiger partial charge in [-0.05, 0) is 17.1 Å². The largest absolute Gasteiger partial charge is 0.375 e. The van der Waals surface area contributed by atoms with Gasteiger partial charge in [-0.2, -0.15) is 0 Å². The summed E-state index contributed by atoms with van der Waals surface area (Å²) in [7, 11) is 0. The molecule has 0 fully saturated rings. The number of benzene rings is 1. The van der Waals surface area contributed by atoms with Crippen molar-refractivity contribution >= 4 is 23.5 Å². The van der Waals surface area contributed by atoms with Gasteiger partial charge in [-0.3, -0.25) is 0 Å². The van der Waals surface area contributed by atoms with E-state index in [1.54, 1.807) is 0 Å². The minimum absolute atomic E-state index is 0.582. The molecule has 1 rings (SSSR count). The van der Waals surface area contributed by atoms with Crippen molar-refractivity contribution < 1.29 is 4.74 Å². The van der Waals surface area contributed by atoms with Crippen LogP contribution in [0.3, 0.4) is 0 Å². The molecule has 0 unspecified atom stereocenters. The van der Waals surface area contributed by atoms with E-state index in [9.17, 15) is 0 Å². The fraction of sp³-hybridized carbons (Fsp3) is 0.538. The molecule has 0 N–H and O–H groups in total. The van der Waals surface area contributed by atoms with Crippen LogP contribution >= 0.6 is 23.5 Å². The summed E-state index contributed by atoms with van der Waals surface area (Å²) in [5, 5.41) is 0. The summed E-state index contributed by atoms with van der Waals surface area (Å²) in [6, 6.07) is 10.4. The van der Waals surface area contributed by atoms with E-state index >= 15 is 0 Å². The summed E-state index contributed by atoms with van der Waals surface area (Å²) in [6.45, 7) is 5.97. The fourth-order valence-corrected chi connectivity index (χ4v) is 3.69. The molecule has 0 radical (unpaired) electrons. The Labute approximate surface area is 107 Å². The number of ether oxygens (including phenoxy) is 1. The summed E-state index contributed by atoms with van der Waals surface area (Å²) >= 11 is 3.95. The van der Waals surface area contributed by atoms with Crippen molar-refractivity contribution in [1.29, 1.82) is 0 Å². The lowest BCUT2D eigenvalue weighted by atomic mass is 10.2. The molecule has 1 aromatic rings. The van der Waals surface area contributed by atoms with E-state index in [0.717, 1.165) is 24.7 Å². The van der Waals surface area contributed by atoms with Crippen LogP contribution < -0.4 is 0 Å². The van der Waals surface area contributed by atoms with Gasteiger partial charge >= 0.3 is 0 Å². The third-order valence-corrected chi connectivity index (χ3v) is 4.57. The molecule has 0 aliphatic rings. The molecule has 16 heavy (non-hydrogen) atoms. The highest BCUT2D eigenvalue weighted by atomic mass is 32.2. The number of thioether (sulfide) groups is 2. The SMILES string of the molecule is CCSC(COCc1ccccc1)SCC. The first-order valence-electron chi connectivity index (χ1n) is 5.71. The van der Waals surface area contributed by atoms with Crippen LogP contribution in [0.15, 0.2) is 30.3 Å². The first-order valence-corrected chi connectivity index (χ1v) is 7.81. The van der Waals surface area contributed by atoms with Crippen LogP contribution in [0.5, 0.6) is 0 Å². The molecule has 1 aromatic carbocycles. The topological polar surface area (TPSA) is 9.23 Å². The third-order valence-electron chi connectivity index (χ3n) is 2.07. The van der Waals surface area contributed by atoms with Crippen LogP contribution in [0.25, 0.3) is 0 Å². The molecule has 0 aliphatic carbocycles. The normalized spacial score (nSPS) is 10.9. The minimum atomic E-state index is 0.582. The Hall–Kier alpha value is -0.120. The average Bonchev–Trinajstić information content (AvgIpc) is 2.31. The molecular weight excluding hydrogens is 236 g/mol. The molecule has 3 heteroatoms. The van der Waals surface area contributed by atoms with Gasteiger partial charge in [-0.25, -0.2) is 0 Å². The lowest BCUT2D eigenvalue weighted by Gasteiger charge is -2.14. The summed E-state index contributed by atoms with van der Waals surface area (Å²) in [4.78, 5) is 0. The molecular formula is C13H20OS2. The van der Waals surface area contributed by atoms with Crippen molar-refractivity contribution in [1.82, 2.24) is 0 Å². The predicted octanol–water partition coefficient (Wildman–Crippen LogP) is 4.04. The highest BCUT2D eigenvalue weighted by Gasteiger charge is 2.07. The predicted molar refractivity (Wildman–Crippen MR) is 76.2 cm³/mol. The summed E-state index contributed by atoms with van der Waals surface area (Å²) in [6.07, 6.45) is 0. The Morgan fingerprint density at radius 3 is 2.25 bits per heavy atom. The zero-order valence-electron chi connectivity index (χ0n) is 10.0. The van der Waals surface area contributed by atoms with Gasteiger partial charge < -0.3 is 4.74 Å². The molecule has 0 bridgehead atoms. The molecule has 0 saturated heterocycles. The summed E-state index contributed by atoms with van der Waals surface area (Å²) in [5.74, 6) is 2.32. The monoisotopic (exact) mass is 256 g/mol. The van der Waals surface area contributed by atoms with Crippen molar-refractivity contribution in [2.75, 3.05) is 18.1 Å². The van der Waals surface area contributed by atoms with Gasteiger partial charge in [0.1, 0.15) is 0 Å². The number of hydrogen-bond donors (Lipinski definition) is 0. The van der Waals surface area contributed by atoms with Gasteiger partial charge in [0.2, 0.25) is 0 Å². The number of hydrogen-bond acceptors (Lipinski definition) is 3. The first-order chi connectivity index (χ1) is 7.86. The Morgan fingerprint density at radius 2 is 1.69 bits per heavy atom. The maximum absolute atomic E-state index is 5.75. The Bertz CT molecular complexity index is 258. The molecule has 90 valence electrons. The summed E-state index contributed by atoms with van der Waals surface area (Å²) in [5.41, 5.74) is 1.25. The second-order valence-electron chi connectivity index (χ2n) is 3.34. The van der Waals surface area contributed by atoms with Gasteiger partial charge in [0.05, 0.1) is 17.8 Å². The van der Waals surface area contributed by atoms with E-state index in [1.165, 1.54) is 5.56 Å². The highest BCUT2D eigenvalue weighted by molar-refractivity contribution is 8.17. The molecule has 0 aromatic heterocycles. The van der Waals surface area contributed by atoms with E-state index in [-0.39, 0.29) is 0 Å². The van der Waals surface area contributed by atoms with Crippen LogP contribution in [-0.4, -0.2) is 22.7 Å². The average molecular weight is 256 g/mol. The highest BCUT2D eigenvalue weighted by Crippen LogP contribution is 2.23. The van der Waals surface area contributed by atoms with Gasteiger partial charge in [-0.15, -0.1) is 23.5 Å². The van der Waals surface area contributed by atoms with E-state index in [0.29, 0.717) is 4.58 Å². The van der Waals surface area contributed by atoms with E-state index < -0.39 is 0 Å². The van der Waals surface area contributed by atoms with Gasteiger partial charge in [-0.1, -0.05) is 44.2 Å². The molecule has 0 atom stereocenters. The second-order valence-corrected chi connectivity index (χ2v) is 6.60. The molecule has 0 heterocycles. The van der Waals surface area contributed by atoms with Crippen molar-refractivity contribution in [2.24, 2.45) is 0 Å². The molecule has 0 aliphatic heterocycles. The fourth-order valence-electron chi connectivity index (χ4n) is 1.36. The van der Waals surface area contributed by atoms with Crippen molar-refractivity contribution in [3.05, 3.63) is 35.9 Å². The molecule has 1 nitrogen and oxygen atoms in total. The third kappa shape index (κ3) is 5.83. The maximum atomic E-state index is 5.75. The van der Waals surface area contributed by atoms with Crippen molar-refractivity contribution in [3.8, 4) is 0 Å². The Kier molecular flexibility index (Phi) is 7.81. The Morgan fingerprint density at radius 1 is 1.06 bits per heavy atom. The van der Waals surface area contributed by atoms with Crippen LogP contribution in [-0.2, 0) is 11.3 Å². The van der Waals surface area contributed by atoms with Crippen LogP contribution in [0.1, 0.15) is 19.4 Å². The summed E-state index contributed by atoms with van der Waals surface area (Å²) < 4.78 is 6.33. The maximum Gasteiger partial charge on any atom is 0.0735 e. The standard InChI is InChI=1S/C13H20OS2/c1-3-15-13(16-4-2)11-14-10-12-8-6-5-7-9-12/h5-9,13H,3-4,10-11H2,1-2H3. The lowest BCUT2D eigenvalue weighted by molar-refractivity contribution is 0.132. The first kappa shape index (κ1) is 13.9. The van der Waals surface area contributed by atoms with Gasteiger partial charge in [0.25, 0.3) is 0 Å². The van der Waals surface area contributed by atoms with Gasteiger partial charge in [0, 0.05) is 0 Å². The second kappa shape index (κ2) is 8.97. The molecule has 0 spiro atoms. The van der Waals surface area contributed by atoms with Crippen molar-refractivity contribution in [2.45, 2.75) is 25.0 Å². The van der Waals surface area contributed by atoms with Crippen LogP contribution in [0, 0.1) is 0 Å². The number of rotatable bonds is 8. The van der Waals surface area contributed by atoms with Gasteiger partial charge in [0.15, 0.2) is 0 Å². The van der Waals surface area contributed by atoms with E-state index in [2.05, 4.69) is 38.1 Å². The Balaban J connectivity index is 2.22. The quantitative estimate of drug-likeness (QED) is 0.650. The lowest BCUT2D eigenvalue weighted by Crippen LogP contribution is -2.09. The van der Waals surface area contributed by atoms with Crippen LogP contribution in [0.4, 0.5) is 0 Å². The van der Waals surface area contributed by atoms with E-state index in [4.69, 9.17) is 4.74 Å². The van der Waals surface area contributed by atoms with E-state index in [1.807, 2.05) is 29.6 Å².